The number of aromatic nitrogens is 2. The molecule has 0 atom stereocenters. The van der Waals surface area contributed by atoms with Crippen molar-refractivity contribution < 1.29 is 4.39 Å². The maximum atomic E-state index is 13.0. The molecule has 84 valence electrons. The van der Waals surface area contributed by atoms with Gasteiger partial charge in [0.15, 0.2) is 0 Å². The standard InChI is InChI=1S/C13H10FN3/c14-9-2-1-3-10(6-9)17-11-4-5-12-13(7-11)16-8-15-12/h1-8,17H,(H,15,16). The Hall–Kier alpha value is -2.36. The van der Waals surface area contributed by atoms with E-state index in [2.05, 4.69) is 15.3 Å². The van der Waals surface area contributed by atoms with Crippen molar-refractivity contribution in [1.29, 1.82) is 0 Å². The Labute approximate surface area is 97.3 Å². The van der Waals surface area contributed by atoms with Gasteiger partial charge in [0.25, 0.3) is 0 Å². The van der Waals surface area contributed by atoms with Gasteiger partial charge in [-0.1, -0.05) is 6.07 Å². The van der Waals surface area contributed by atoms with E-state index in [-0.39, 0.29) is 5.82 Å². The Morgan fingerprint density at radius 1 is 1.06 bits per heavy atom. The largest absolute Gasteiger partial charge is 0.355 e. The van der Waals surface area contributed by atoms with Crippen LogP contribution < -0.4 is 5.32 Å². The van der Waals surface area contributed by atoms with Gasteiger partial charge >= 0.3 is 0 Å². The third kappa shape index (κ3) is 1.97. The molecule has 17 heavy (non-hydrogen) atoms. The number of halogens is 1. The van der Waals surface area contributed by atoms with E-state index in [0.29, 0.717) is 0 Å². The van der Waals surface area contributed by atoms with Crippen LogP contribution in [0.25, 0.3) is 11.0 Å². The van der Waals surface area contributed by atoms with E-state index in [1.165, 1.54) is 12.1 Å². The zero-order valence-electron chi connectivity index (χ0n) is 8.94. The van der Waals surface area contributed by atoms with Crippen molar-refractivity contribution in [3.05, 3.63) is 54.6 Å². The van der Waals surface area contributed by atoms with E-state index < -0.39 is 0 Å². The molecule has 0 fully saturated rings. The number of hydrogen-bond acceptors (Lipinski definition) is 2. The second kappa shape index (κ2) is 3.90. The van der Waals surface area contributed by atoms with Crippen LogP contribution in [0.3, 0.4) is 0 Å². The highest BCUT2D eigenvalue weighted by Gasteiger charge is 1.99. The average Bonchev–Trinajstić information content (AvgIpc) is 2.76. The molecule has 0 amide bonds. The lowest BCUT2D eigenvalue weighted by molar-refractivity contribution is 0.628. The molecule has 0 radical (unpaired) electrons. The maximum absolute atomic E-state index is 13.0. The minimum absolute atomic E-state index is 0.254. The fourth-order valence-electron chi connectivity index (χ4n) is 1.74. The number of benzene rings is 2. The van der Waals surface area contributed by atoms with Gasteiger partial charge in [-0.25, -0.2) is 9.37 Å². The molecule has 2 aromatic carbocycles. The molecule has 3 aromatic rings. The molecule has 1 aromatic heterocycles. The molecule has 0 bridgehead atoms. The fraction of sp³-hybridized carbons (Fsp3) is 0. The van der Waals surface area contributed by atoms with Crippen molar-refractivity contribution in [2.24, 2.45) is 0 Å². The normalized spacial score (nSPS) is 10.6. The molecular formula is C13H10FN3. The molecule has 3 nitrogen and oxygen atoms in total. The van der Waals surface area contributed by atoms with Crippen LogP contribution in [0.15, 0.2) is 48.8 Å². The molecule has 2 N–H and O–H groups in total. The van der Waals surface area contributed by atoms with Crippen molar-refractivity contribution in [1.82, 2.24) is 9.97 Å². The monoisotopic (exact) mass is 227 g/mol. The summed E-state index contributed by atoms with van der Waals surface area (Å²) in [6.07, 6.45) is 1.65. The van der Waals surface area contributed by atoms with Gasteiger partial charge in [-0.15, -0.1) is 0 Å². The van der Waals surface area contributed by atoms with Gasteiger partial charge in [-0.2, -0.15) is 0 Å². The summed E-state index contributed by atoms with van der Waals surface area (Å²) in [5, 5.41) is 3.13. The van der Waals surface area contributed by atoms with Crippen molar-refractivity contribution >= 4 is 22.4 Å². The molecule has 0 aliphatic carbocycles. The quantitative estimate of drug-likeness (QED) is 0.704. The van der Waals surface area contributed by atoms with E-state index in [0.717, 1.165) is 22.4 Å². The first-order valence-electron chi connectivity index (χ1n) is 5.27. The summed E-state index contributed by atoms with van der Waals surface area (Å²) < 4.78 is 13.0. The molecule has 0 saturated carbocycles. The Kier molecular flexibility index (Phi) is 2.26. The van der Waals surface area contributed by atoms with E-state index in [1.54, 1.807) is 12.4 Å². The van der Waals surface area contributed by atoms with Crippen LogP contribution in [0.5, 0.6) is 0 Å². The average molecular weight is 227 g/mol. The summed E-state index contributed by atoms with van der Waals surface area (Å²) in [6, 6.07) is 12.1. The SMILES string of the molecule is Fc1cccc(Nc2ccc3[nH]cnc3c2)c1. The summed E-state index contributed by atoms with van der Waals surface area (Å²) in [5.74, 6) is -0.254. The predicted molar refractivity (Wildman–Crippen MR) is 65.8 cm³/mol. The number of aromatic amines is 1. The van der Waals surface area contributed by atoms with Crippen LogP contribution >= 0.6 is 0 Å². The third-order valence-corrected chi connectivity index (χ3v) is 2.53. The van der Waals surface area contributed by atoms with Gasteiger partial charge in [0, 0.05) is 11.4 Å². The summed E-state index contributed by atoms with van der Waals surface area (Å²) in [7, 11) is 0. The van der Waals surface area contributed by atoms with Crippen LogP contribution in [0, 0.1) is 5.82 Å². The minimum atomic E-state index is -0.254. The number of rotatable bonds is 2. The Balaban J connectivity index is 1.94. The lowest BCUT2D eigenvalue weighted by atomic mass is 10.2. The van der Waals surface area contributed by atoms with E-state index in [9.17, 15) is 4.39 Å². The highest BCUT2D eigenvalue weighted by atomic mass is 19.1. The van der Waals surface area contributed by atoms with Crippen LogP contribution in [0.2, 0.25) is 0 Å². The number of nitrogens with one attached hydrogen (secondary N) is 2. The minimum Gasteiger partial charge on any atom is -0.355 e. The van der Waals surface area contributed by atoms with E-state index in [1.807, 2.05) is 24.3 Å². The lowest BCUT2D eigenvalue weighted by Gasteiger charge is -2.06. The van der Waals surface area contributed by atoms with Gasteiger partial charge in [-0.3, -0.25) is 0 Å². The Morgan fingerprint density at radius 2 is 1.94 bits per heavy atom. The number of nitrogens with zero attached hydrogens (tertiary/aromatic N) is 1. The summed E-state index contributed by atoms with van der Waals surface area (Å²) in [4.78, 5) is 7.19. The third-order valence-electron chi connectivity index (χ3n) is 2.53. The van der Waals surface area contributed by atoms with Gasteiger partial charge in [0.05, 0.1) is 17.4 Å². The second-order valence-corrected chi connectivity index (χ2v) is 3.77. The summed E-state index contributed by atoms with van der Waals surface area (Å²) in [6.45, 7) is 0. The predicted octanol–water partition coefficient (Wildman–Crippen LogP) is 3.45. The number of H-pyrrole nitrogens is 1. The number of imidazole rings is 1. The van der Waals surface area contributed by atoms with Gasteiger partial charge < -0.3 is 10.3 Å². The van der Waals surface area contributed by atoms with Crippen molar-refractivity contribution in [3.63, 3.8) is 0 Å². The number of anilines is 2. The first-order valence-corrected chi connectivity index (χ1v) is 5.27. The van der Waals surface area contributed by atoms with Gasteiger partial charge in [0.1, 0.15) is 5.82 Å². The van der Waals surface area contributed by atoms with Crippen LogP contribution in [0.4, 0.5) is 15.8 Å². The van der Waals surface area contributed by atoms with Crippen LogP contribution in [0.1, 0.15) is 0 Å². The van der Waals surface area contributed by atoms with Crippen molar-refractivity contribution in [3.8, 4) is 0 Å². The highest BCUT2D eigenvalue weighted by Crippen LogP contribution is 2.20. The Bertz CT molecular complexity index is 660. The fourth-order valence-corrected chi connectivity index (χ4v) is 1.74. The second-order valence-electron chi connectivity index (χ2n) is 3.77. The van der Waals surface area contributed by atoms with Crippen LogP contribution in [-0.4, -0.2) is 9.97 Å². The molecule has 3 rings (SSSR count). The molecular weight excluding hydrogens is 217 g/mol. The summed E-state index contributed by atoms with van der Waals surface area (Å²) in [5.41, 5.74) is 3.47. The van der Waals surface area contributed by atoms with Gasteiger partial charge in [-0.05, 0) is 36.4 Å². The maximum Gasteiger partial charge on any atom is 0.125 e. The topological polar surface area (TPSA) is 40.7 Å². The van der Waals surface area contributed by atoms with Crippen LogP contribution in [-0.2, 0) is 0 Å². The first kappa shape index (κ1) is 9.84. The zero-order chi connectivity index (χ0) is 11.7. The highest BCUT2D eigenvalue weighted by molar-refractivity contribution is 5.80. The molecule has 4 heteroatoms. The van der Waals surface area contributed by atoms with E-state index in [4.69, 9.17) is 0 Å². The smallest absolute Gasteiger partial charge is 0.125 e. The van der Waals surface area contributed by atoms with Crippen molar-refractivity contribution in [2.45, 2.75) is 0 Å². The molecule has 1 heterocycles. The molecule has 0 saturated heterocycles. The Morgan fingerprint density at radius 3 is 2.82 bits per heavy atom. The van der Waals surface area contributed by atoms with E-state index >= 15 is 0 Å². The molecule has 0 unspecified atom stereocenters. The lowest BCUT2D eigenvalue weighted by Crippen LogP contribution is -1.90. The van der Waals surface area contributed by atoms with Crippen molar-refractivity contribution in [2.75, 3.05) is 5.32 Å². The number of fused-ring (bicyclic) bond motifs is 1. The zero-order valence-corrected chi connectivity index (χ0v) is 8.94. The van der Waals surface area contributed by atoms with Gasteiger partial charge in [0.2, 0.25) is 0 Å². The molecule has 0 aliphatic rings. The molecule has 0 spiro atoms. The summed E-state index contributed by atoms with van der Waals surface area (Å²) >= 11 is 0. The number of hydrogen-bond donors (Lipinski definition) is 2. The first-order chi connectivity index (χ1) is 8.31. The molecule has 0 aliphatic heterocycles.